The molecule has 0 spiro atoms. The van der Waals surface area contributed by atoms with Gasteiger partial charge in [0.2, 0.25) is 0 Å². The number of halogens is 3. The van der Waals surface area contributed by atoms with Crippen LogP contribution in [0, 0.1) is 6.92 Å². The van der Waals surface area contributed by atoms with Gasteiger partial charge in [0.15, 0.2) is 0 Å². The van der Waals surface area contributed by atoms with Crippen molar-refractivity contribution in [1.82, 2.24) is 4.98 Å². The van der Waals surface area contributed by atoms with E-state index in [0.717, 1.165) is 5.69 Å². The van der Waals surface area contributed by atoms with E-state index in [2.05, 4.69) is 4.98 Å². The van der Waals surface area contributed by atoms with E-state index >= 15 is 0 Å². The van der Waals surface area contributed by atoms with Gasteiger partial charge in [-0.15, -0.1) is 0 Å². The second kappa shape index (κ2) is 7.09. The number of alkyl halides is 3. The van der Waals surface area contributed by atoms with Gasteiger partial charge in [0, 0.05) is 30.4 Å². The summed E-state index contributed by atoms with van der Waals surface area (Å²) in [5, 5.41) is 0.634. The summed E-state index contributed by atoms with van der Waals surface area (Å²) in [5.74, 6) is 0.0197. The number of rotatable bonds is 3. The minimum Gasteiger partial charge on any atom is -0.462 e. The molecular formula is C21H19F3N2O3. The zero-order valence-electron chi connectivity index (χ0n) is 16.0. The molecule has 152 valence electrons. The standard InChI is InChI=1S/C21H19F3N2O3/c1-3-28-20(27)18-12(2)29-17-5-4-14(10-16(17)18)26-9-7-15-13(11-26)6-8-25-19(15)21(22,23)24/h4-6,8,10H,3,7,9,11H2,1-2H3. The van der Waals surface area contributed by atoms with Crippen molar-refractivity contribution in [2.24, 2.45) is 0 Å². The van der Waals surface area contributed by atoms with Gasteiger partial charge < -0.3 is 14.1 Å². The van der Waals surface area contributed by atoms with E-state index in [9.17, 15) is 18.0 Å². The van der Waals surface area contributed by atoms with Gasteiger partial charge in [-0.25, -0.2) is 4.79 Å². The lowest BCUT2D eigenvalue weighted by Gasteiger charge is -2.31. The van der Waals surface area contributed by atoms with E-state index in [1.54, 1.807) is 26.0 Å². The lowest BCUT2D eigenvalue weighted by atomic mass is 9.97. The van der Waals surface area contributed by atoms with Crippen molar-refractivity contribution in [1.29, 1.82) is 0 Å². The van der Waals surface area contributed by atoms with Gasteiger partial charge in [0.25, 0.3) is 0 Å². The normalized spacial score (nSPS) is 14.2. The maximum atomic E-state index is 13.2. The molecule has 1 aliphatic heterocycles. The third-order valence-electron chi connectivity index (χ3n) is 5.11. The van der Waals surface area contributed by atoms with E-state index in [4.69, 9.17) is 9.15 Å². The van der Waals surface area contributed by atoms with Crippen LogP contribution in [0.4, 0.5) is 18.9 Å². The second-order valence-electron chi connectivity index (χ2n) is 6.90. The molecule has 5 nitrogen and oxygen atoms in total. The molecule has 0 atom stereocenters. The largest absolute Gasteiger partial charge is 0.462 e. The van der Waals surface area contributed by atoms with Crippen LogP contribution in [0.5, 0.6) is 0 Å². The Morgan fingerprint density at radius 1 is 1.31 bits per heavy atom. The number of carbonyl (C=O) groups excluding carboxylic acids is 1. The average Bonchev–Trinajstić information content (AvgIpc) is 3.01. The zero-order chi connectivity index (χ0) is 20.8. The molecule has 3 heterocycles. The topological polar surface area (TPSA) is 55.6 Å². The van der Waals surface area contributed by atoms with E-state index in [1.807, 2.05) is 17.0 Å². The van der Waals surface area contributed by atoms with Crippen molar-refractivity contribution in [2.45, 2.75) is 33.0 Å². The average molecular weight is 404 g/mol. The lowest BCUT2D eigenvalue weighted by molar-refractivity contribution is -0.141. The molecule has 0 unspecified atom stereocenters. The highest BCUT2D eigenvalue weighted by molar-refractivity contribution is 6.05. The van der Waals surface area contributed by atoms with Gasteiger partial charge in [0.05, 0.1) is 6.61 Å². The van der Waals surface area contributed by atoms with Crippen LogP contribution >= 0.6 is 0 Å². The number of benzene rings is 1. The first kappa shape index (κ1) is 19.3. The number of carbonyl (C=O) groups is 1. The maximum Gasteiger partial charge on any atom is 0.433 e. The molecule has 0 radical (unpaired) electrons. The fourth-order valence-electron chi connectivity index (χ4n) is 3.82. The van der Waals surface area contributed by atoms with Crippen molar-refractivity contribution >= 4 is 22.6 Å². The molecule has 0 aliphatic carbocycles. The summed E-state index contributed by atoms with van der Waals surface area (Å²) in [6, 6.07) is 7.07. The Balaban J connectivity index is 1.70. The second-order valence-corrected chi connectivity index (χ2v) is 6.90. The quantitative estimate of drug-likeness (QED) is 0.582. The predicted octanol–water partition coefficient (Wildman–Crippen LogP) is 4.89. The first-order valence-electron chi connectivity index (χ1n) is 9.28. The molecule has 29 heavy (non-hydrogen) atoms. The number of hydrogen-bond donors (Lipinski definition) is 0. The summed E-state index contributed by atoms with van der Waals surface area (Å²) >= 11 is 0. The summed E-state index contributed by atoms with van der Waals surface area (Å²) in [5.41, 5.74) is 1.80. The third-order valence-corrected chi connectivity index (χ3v) is 5.11. The van der Waals surface area contributed by atoms with Gasteiger partial charge in [-0.1, -0.05) is 0 Å². The molecule has 4 rings (SSSR count). The molecule has 8 heteroatoms. The maximum absolute atomic E-state index is 13.2. The SMILES string of the molecule is CCOC(=O)c1c(C)oc2ccc(N3CCc4c(ccnc4C(F)(F)F)C3)cc12. The van der Waals surface area contributed by atoms with Crippen LogP contribution in [-0.4, -0.2) is 24.1 Å². The molecule has 0 saturated carbocycles. The Kier molecular flexibility index (Phi) is 4.72. The summed E-state index contributed by atoms with van der Waals surface area (Å²) in [4.78, 5) is 17.8. The van der Waals surface area contributed by atoms with Gasteiger partial charge >= 0.3 is 12.1 Å². The molecule has 0 amide bonds. The van der Waals surface area contributed by atoms with Crippen LogP contribution in [0.3, 0.4) is 0 Å². The van der Waals surface area contributed by atoms with Gasteiger partial charge in [-0.05, 0) is 55.7 Å². The Hall–Kier alpha value is -3.03. The number of furan rings is 1. The van der Waals surface area contributed by atoms with Crippen molar-refractivity contribution in [3.8, 4) is 0 Å². The highest BCUT2D eigenvalue weighted by Gasteiger charge is 2.37. The summed E-state index contributed by atoms with van der Waals surface area (Å²) in [6.45, 7) is 4.44. The summed E-state index contributed by atoms with van der Waals surface area (Å²) < 4.78 is 50.5. The first-order valence-corrected chi connectivity index (χ1v) is 9.28. The Morgan fingerprint density at radius 3 is 2.83 bits per heavy atom. The number of anilines is 1. The first-order chi connectivity index (χ1) is 13.8. The lowest BCUT2D eigenvalue weighted by Crippen LogP contribution is -2.32. The van der Waals surface area contributed by atoms with Crippen molar-refractivity contribution < 1.29 is 27.1 Å². The molecule has 0 N–H and O–H groups in total. The van der Waals surface area contributed by atoms with Crippen LogP contribution in [0.25, 0.3) is 11.0 Å². The fourth-order valence-corrected chi connectivity index (χ4v) is 3.82. The molecule has 1 aromatic carbocycles. The highest BCUT2D eigenvalue weighted by Crippen LogP contribution is 2.36. The number of aromatic nitrogens is 1. The minimum atomic E-state index is -4.46. The van der Waals surface area contributed by atoms with Crippen molar-refractivity contribution in [3.05, 3.63) is 58.6 Å². The molecule has 0 bridgehead atoms. The number of esters is 1. The van der Waals surface area contributed by atoms with Crippen LogP contribution in [0.1, 0.15) is 39.9 Å². The summed E-state index contributed by atoms with van der Waals surface area (Å²) in [7, 11) is 0. The fraction of sp³-hybridized carbons (Fsp3) is 0.333. The molecular weight excluding hydrogens is 385 g/mol. The summed E-state index contributed by atoms with van der Waals surface area (Å²) in [6.07, 6.45) is -3.02. The van der Waals surface area contributed by atoms with Crippen LogP contribution in [-0.2, 0) is 23.9 Å². The highest BCUT2D eigenvalue weighted by atomic mass is 19.4. The zero-order valence-corrected chi connectivity index (χ0v) is 16.0. The van der Waals surface area contributed by atoms with Crippen molar-refractivity contribution in [2.75, 3.05) is 18.1 Å². The van der Waals surface area contributed by atoms with Gasteiger partial charge in [0.1, 0.15) is 22.6 Å². The van der Waals surface area contributed by atoms with Gasteiger partial charge in [-0.3, -0.25) is 4.98 Å². The Labute approximate surface area is 165 Å². The number of pyridine rings is 1. The number of nitrogens with zero attached hydrogens (tertiary/aromatic N) is 2. The Bertz CT molecular complexity index is 1090. The smallest absolute Gasteiger partial charge is 0.433 e. The van der Waals surface area contributed by atoms with Crippen LogP contribution < -0.4 is 4.90 Å². The number of fused-ring (bicyclic) bond motifs is 2. The van der Waals surface area contributed by atoms with Crippen LogP contribution in [0.2, 0.25) is 0 Å². The molecule has 0 saturated heterocycles. The monoisotopic (exact) mass is 404 g/mol. The molecule has 0 fully saturated rings. The van der Waals surface area contributed by atoms with E-state index < -0.39 is 17.8 Å². The number of aryl methyl sites for hydroxylation is 1. The minimum absolute atomic E-state index is 0.241. The number of ether oxygens (including phenoxy) is 1. The number of hydrogen-bond acceptors (Lipinski definition) is 5. The predicted molar refractivity (Wildman–Crippen MR) is 101 cm³/mol. The molecule has 2 aromatic heterocycles. The van der Waals surface area contributed by atoms with Crippen LogP contribution in [0.15, 0.2) is 34.9 Å². The molecule has 1 aliphatic rings. The van der Waals surface area contributed by atoms with E-state index in [0.29, 0.717) is 40.9 Å². The van der Waals surface area contributed by atoms with E-state index in [1.165, 1.54) is 6.20 Å². The van der Waals surface area contributed by atoms with Crippen molar-refractivity contribution in [3.63, 3.8) is 0 Å². The third kappa shape index (κ3) is 3.43. The van der Waals surface area contributed by atoms with Gasteiger partial charge in [-0.2, -0.15) is 13.2 Å². The Morgan fingerprint density at radius 2 is 2.10 bits per heavy atom. The molecule has 3 aromatic rings. The van der Waals surface area contributed by atoms with E-state index in [-0.39, 0.29) is 18.6 Å².